The molecule has 2 aliphatic rings. The van der Waals surface area contributed by atoms with Crippen molar-refractivity contribution < 1.29 is 28.1 Å². The first kappa shape index (κ1) is 27.1. The Bertz CT molecular complexity index is 1530. The first-order valence-electron chi connectivity index (χ1n) is 14.2. The van der Waals surface area contributed by atoms with Crippen molar-refractivity contribution in [1.29, 1.82) is 0 Å². The van der Waals surface area contributed by atoms with Gasteiger partial charge in [-0.15, -0.1) is 0 Å². The van der Waals surface area contributed by atoms with Gasteiger partial charge < -0.3 is 24.7 Å². The maximum atomic E-state index is 15.5. The predicted octanol–water partition coefficient (Wildman–Crippen LogP) is 6.69. The zero-order chi connectivity index (χ0) is 28.3. The van der Waals surface area contributed by atoms with Gasteiger partial charge in [-0.25, -0.2) is 13.9 Å². The number of hydrogen-bond acceptors (Lipinski definition) is 6. The summed E-state index contributed by atoms with van der Waals surface area (Å²) in [5.41, 5.74) is 9.54. The summed E-state index contributed by atoms with van der Waals surface area (Å²) in [6.07, 6.45) is 5.21. The highest BCUT2D eigenvalue weighted by Crippen LogP contribution is 2.40. The number of aryl methyl sites for hydroxylation is 1. The number of halogens is 1. The Morgan fingerprint density at radius 2 is 1.93 bits per heavy atom. The lowest BCUT2D eigenvalue weighted by molar-refractivity contribution is -0.0366. The van der Waals surface area contributed by atoms with E-state index in [1.54, 1.807) is 18.3 Å². The molecule has 1 saturated carbocycles. The lowest BCUT2D eigenvalue weighted by atomic mass is 9.91. The maximum absolute atomic E-state index is 15.5. The smallest absolute Gasteiger partial charge is 0.404 e. The van der Waals surface area contributed by atoms with E-state index in [1.807, 2.05) is 54.1 Å². The molecule has 1 unspecified atom stereocenters. The monoisotopic (exact) mass is 559 g/mol. The Morgan fingerprint density at radius 3 is 2.66 bits per heavy atom. The van der Waals surface area contributed by atoms with Crippen LogP contribution in [0.25, 0.3) is 22.0 Å². The lowest BCUT2D eigenvalue weighted by Gasteiger charge is -2.34. The SMILES string of the molecule is CCc1cc(OCc2ccccc2)c(F)cc1-c1cc(OC2CC(OC(N)=O)C2)c2cnn(C3CCCCO3)c2c1. The Morgan fingerprint density at radius 1 is 1.10 bits per heavy atom. The summed E-state index contributed by atoms with van der Waals surface area (Å²) in [6.45, 7) is 3.02. The molecule has 2 fully saturated rings. The predicted molar refractivity (Wildman–Crippen MR) is 152 cm³/mol. The average Bonchev–Trinajstić information content (AvgIpc) is 3.40. The van der Waals surface area contributed by atoms with E-state index in [1.165, 1.54) is 0 Å². The second kappa shape index (κ2) is 11.8. The summed E-state index contributed by atoms with van der Waals surface area (Å²) in [4.78, 5) is 11.1. The van der Waals surface area contributed by atoms with E-state index in [0.717, 1.165) is 52.4 Å². The van der Waals surface area contributed by atoms with Gasteiger partial charge in [-0.1, -0.05) is 37.3 Å². The second-order valence-corrected chi connectivity index (χ2v) is 10.7. The van der Waals surface area contributed by atoms with Crippen LogP contribution in [-0.2, 0) is 22.5 Å². The van der Waals surface area contributed by atoms with E-state index in [-0.39, 0.29) is 30.8 Å². The summed E-state index contributed by atoms with van der Waals surface area (Å²) in [5, 5.41) is 5.53. The number of nitrogens with two attached hydrogens (primary N) is 1. The Balaban J connectivity index is 1.35. The van der Waals surface area contributed by atoms with Gasteiger partial charge in [0.05, 0.1) is 17.1 Å². The Labute approximate surface area is 238 Å². The second-order valence-electron chi connectivity index (χ2n) is 10.7. The first-order chi connectivity index (χ1) is 20.0. The van der Waals surface area contributed by atoms with Crippen LogP contribution >= 0.6 is 0 Å². The number of aromatic nitrogens is 2. The van der Waals surface area contributed by atoms with Crippen LogP contribution in [0.4, 0.5) is 9.18 Å². The molecule has 2 N–H and O–H groups in total. The largest absolute Gasteiger partial charge is 0.489 e. The van der Waals surface area contributed by atoms with E-state index in [2.05, 4.69) is 5.10 Å². The fourth-order valence-corrected chi connectivity index (χ4v) is 5.57. The summed E-state index contributed by atoms with van der Waals surface area (Å²) >= 11 is 0. The van der Waals surface area contributed by atoms with Gasteiger partial charge in [0.25, 0.3) is 0 Å². The van der Waals surface area contributed by atoms with Crippen LogP contribution in [-0.4, -0.2) is 34.7 Å². The number of benzene rings is 3. The van der Waals surface area contributed by atoms with E-state index < -0.39 is 11.9 Å². The number of ether oxygens (including phenoxy) is 4. The Hall–Kier alpha value is -4.11. The fourth-order valence-electron chi connectivity index (χ4n) is 5.57. The normalized spacial score (nSPS) is 20.4. The van der Waals surface area contributed by atoms with Crippen LogP contribution in [0.5, 0.6) is 11.5 Å². The molecule has 0 spiro atoms. The van der Waals surface area contributed by atoms with Crippen LogP contribution in [0.2, 0.25) is 0 Å². The average molecular weight is 560 g/mol. The number of fused-ring (bicyclic) bond motifs is 1. The molecular weight excluding hydrogens is 525 g/mol. The number of carbonyl (C=O) groups is 1. The Kier molecular flexibility index (Phi) is 7.78. The van der Waals surface area contributed by atoms with Gasteiger partial charge in [-0.3, -0.25) is 0 Å². The van der Waals surface area contributed by atoms with Crippen molar-refractivity contribution >= 4 is 17.0 Å². The summed E-state index contributed by atoms with van der Waals surface area (Å²) in [5.74, 6) is 0.446. The number of carbonyl (C=O) groups excluding carboxylic acids is 1. The molecule has 1 aliphatic heterocycles. The molecule has 1 aliphatic carbocycles. The van der Waals surface area contributed by atoms with Crippen molar-refractivity contribution in [1.82, 2.24) is 9.78 Å². The quantitative estimate of drug-likeness (QED) is 0.245. The third-order valence-corrected chi connectivity index (χ3v) is 7.82. The molecule has 8 nitrogen and oxygen atoms in total. The fraction of sp³-hybridized carbons (Fsp3) is 0.375. The van der Waals surface area contributed by atoms with Crippen LogP contribution in [0, 0.1) is 5.82 Å². The first-order valence-corrected chi connectivity index (χ1v) is 14.2. The molecule has 9 heteroatoms. The molecule has 1 atom stereocenters. The summed E-state index contributed by atoms with van der Waals surface area (Å²) in [7, 11) is 0. The van der Waals surface area contributed by atoms with E-state index in [9.17, 15) is 4.79 Å². The molecule has 3 aromatic carbocycles. The molecule has 2 heterocycles. The van der Waals surface area contributed by atoms with Crippen LogP contribution in [0.3, 0.4) is 0 Å². The van der Waals surface area contributed by atoms with Gasteiger partial charge in [0.2, 0.25) is 0 Å². The molecule has 41 heavy (non-hydrogen) atoms. The van der Waals surface area contributed by atoms with Crippen molar-refractivity contribution in [2.75, 3.05) is 6.61 Å². The van der Waals surface area contributed by atoms with Gasteiger partial charge >= 0.3 is 6.09 Å². The topological polar surface area (TPSA) is 97.8 Å². The van der Waals surface area contributed by atoms with Gasteiger partial charge in [0, 0.05) is 19.4 Å². The summed E-state index contributed by atoms with van der Waals surface area (Å²) in [6, 6.07) is 17.0. The standard InChI is InChI=1S/C32H34FN3O5/c1-2-21-13-30(39-19-20-8-4-3-5-9-20)27(33)17-25(21)22-12-28-26(18-35-36(28)31-10-6-7-11-38-31)29(14-22)40-23-15-24(16-23)41-32(34)37/h3-5,8-9,12-14,17-18,23-24,31H,2,6-7,10-11,15-16,19H2,1H3,(H2,34,37). The number of nitrogens with zero attached hydrogens (tertiary/aromatic N) is 2. The zero-order valence-corrected chi connectivity index (χ0v) is 23.1. The minimum atomic E-state index is -0.781. The van der Waals surface area contributed by atoms with Crippen molar-refractivity contribution in [2.24, 2.45) is 5.73 Å². The van der Waals surface area contributed by atoms with E-state index in [4.69, 9.17) is 24.7 Å². The zero-order valence-electron chi connectivity index (χ0n) is 23.1. The number of primary amides is 1. The lowest BCUT2D eigenvalue weighted by Crippen LogP contribution is -2.41. The molecule has 4 aromatic rings. The highest BCUT2D eigenvalue weighted by atomic mass is 19.1. The van der Waals surface area contributed by atoms with Crippen LogP contribution < -0.4 is 15.2 Å². The highest BCUT2D eigenvalue weighted by Gasteiger charge is 2.34. The third kappa shape index (κ3) is 5.86. The minimum Gasteiger partial charge on any atom is -0.489 e. The summed E-state index contributed by atoms with van der Waals surface area (Å²) < 4.78 is 40.8. The van der Waals surface area contributed by atoms with Crippen LogP contribution in [0.1, 0.15) is 56.4 Å². The van der Waals surface area contributed by atoms with Gasteiger partial charge in [0.1, 0.15) is 24.6 Å². The van der Waals surface area contributed by atoms with Crippen molar-refractivity contribution in [3.8, 4) is 22.6 Å². The molecule has 0 radical (unpaired) electrons. The highest BCUT2D eigenvalue weighted by molar-refractivity contribution is 5.91. The van der Waals surface area contributed by atoms with Crippen molar-refractivity contribution in [3.05, 3.63) is 77.7 Å². The number of amides is 1. The van der Waals surface area contributed by atoms with E-state index >= 15 is 4.39 Å². The molecule has 0 bridgehead atoms. The molecule has 6 rings (SSSR count). The van der Waals surface area contributed by atoms with Crippen LogP contribution in [0.15, 0.2) is 60.8 Å². The van der Waals surface area contributed by atoms with Gasteiger partial charge in [0.15, 0.2) is 17.8 Å². The van der Waals surface area contributed by atoms with Gasteiger partial charge in [-0.2, -0.15) is 5.10 Å². The van der Waals surface area contributed by atoms with Gasteiger partial charge in [-0.05, 0) is 72.2 Å². The molecular formula is C32H34FN3O5. The number of hydrogen-bond donors (Lipinski definition) is 1. The number of rotatable bonds is 9. The molecule has 1 amide bonds. The molecule has 214 valence electrons. The minimum absolute atomic E-state index is 0.136. The van der Waals surface area contributed by atoms with E-state index in [0.29, 0.717) is 31.6 Å². The molecule has 1 aromatic heterocycles. The third-order valence-electron chi connectivity index (χ3n) is 7.82. The van der Waals surface area contributed by atoms with Crippen molar-refractivity contribution in [3.63, 3.8) is 0 Å². The molecule has 1 saturated heterocycles. The van der Waals surface area contributed by atoms with Crippen molar-refractivity contribution in [2.45, 2.75) is 70.5 Å². The maximum Gasteiger partial charge on any atom is 0.404 e.